The summed E-state index contributed by atoms with van der Waals surface area (Å²) in [6.45, 7) is 14.5. The van der Waals surface area contributed by atoms with E-state index in [9.17, 15) is 0 Å². The Morgan fingerprint density at radius 2 is 1.65 bits per heavy atom. The van der Waals surface area contributed by atoms with Gasteiger partial charge in [0.05, 0.1) is 0 Å². The van der Waals surface area contributed by atoms with E-state index in [2.05, 4.69) is 70.4 Å². The first kappa shape index (κ1) is 15.5. The number of piperidine rings is 1. The summed E-state index contributed by atoms with van der Waals surface area (Å²) in [4.78, 5) is 0. The van der Waals surface area contributed by atoms with Crippen LogP contribution in [-0.2, 0) is 6.54 Å². The second-order valence-electron chi connectivity index (χ2n) is 7.80. The maximum absolute atomic E-state index is 3.76. The van der Waals surface area contributed by atoms with Crippen LogP contribution in [0.25, 0.3) is 0 Å². The van der Waals surface area contributed by atoms with E-state index in [1.165, 1.54) is 29.5 Å². The molecule has 0 bridgehead atoms. The molecule has 2 rings (SSSR count). The van der Waals surface area contributed by atoms with Gasteiger partial charge in [0.2, 0.25) is 0 Å². The van der Waals surface area contributed by atoms with Gasteiger partial charge in [-0.15, -0.1) is 0 Å². The highest BCUT2D eigenvalue weighted by Crippen LogP contribution is 2.28. The number of hydrogen-bond acceptors (Lipinski definition) is 2. The molecule has 0 unspecified atom stereocenters. The van der Waals surface area contributed by atoms with E-state index >= 15 is 0 Å². The molecule has 2 N–H and O–H groups in total. The summed E-state index contributed by atoms with van der Waals surface area (Å²) in [5.74, 6) is 0. The zero-order chi connectivity index (χ0) is 15.0. The smallest absolute Gasteiger partial charge is 0.0208 e. The van der Waals surface area contributed by atoms with E-state index in [1.807, 2.05) is 0 Å². The minimum absolute atomic E-state index is 0.211. The van der Waals surface area contributed by atoms with Gasteiger partial charge >= 0.3 is 0 Å². The molecule has 1 fully saturated rings. The number of rotatable bonds is 3. The van der Waals surface area contributed by atoms with Crippen LogP contribution in [0.1, 0.15) is 57.2 Å². The molecule has 1 aliphatic heterocycles. The van der Waals surface area contributed by atoms with Crippen molar-refractivity contribution < 1.29 is 0 Å². The summed E-state index contributed by atoms with van der Waals surface area (Å²) in [7, 11) is 0. The fourth-order valence-corrected chi connectivity index (χ4v) is 3.64. The van der Waals surface area contributed by atoms with Gasteiger partial charge in [-0.25, -0.2) is 0 Å². The lowest BCUT2D eigenvalue weighted by Gasteiger charge is -2.46. The van der Waals surface area contributed by atoms with Crippen LogP contribution in [0.5, 0.6) is 0 Å². The maximum Gasteiger partial charge on any atom is 0.0208 e. The van der Waals surface area contributed by atoms with Gasteiger partial charge in [0, 0.05) is 23.7 Å². The SMILES string of the molecule is Cc1ccc(CNC2CC(C)(C)NC(C)(C)C2)cc1C. The third-order valence-electron chi connectivity index (χ3n) is 4.36. The molecule has 20 heavy (non-hydrogen) atoms. The highest BCUT2D eigenvalue weighted by molar-refractivity contribution is 5.29. The van der Waals surface area contributed by atoms with Crippen molar-refractivity contribution in [2.24, 2.45) is 0 Å². The Kier molecular flexibility index (Phi) is 4.27. The van der Waals surface area contributed by atoms with Gasteiger partial charge in [-0.2, -0.15) is 0 Å². The van der Waals surface area contributed by atoms with Crippen LogP contribution in [0.2, 0.25) is 0 Å². The Morgan fingerprint density at radius 1 is 1.05 bits per heavy atom. The van der Waals surface area contributed by atoms with Crippen molar-refractivity contribution >= 4 is 0 Å². The fourth-order valence-electron chi connectivity index (χ4n) is 3.64. The van der Waals surface area contributed by atoms with Crippen molar-refractivity contribution in [3.8, 4) is 0 Å². The topological polar surface area (TPSA) is 24.1 Å². The van der Waals surface area contributed by atoms with E-state index in [-0.39, 0.29) is 11.1 Å². The molecular formula is C18H30N2. The first-order chi connectivity index (χ1) is 9.17. The van der Waals surface area contributed by atoms with Gasteiger partial charge in [-0.1, -0.05) is 18.2 Å². The average molecular weight is 274 g/mol. The third-order valence-corrected chi connectivity index (χ3v) is 4.36. The first-order valence-electron chi connectivity index (χ1n) is 7.76. The molecule has 0 atom stereocenters. The molecule has 112 valence electrons. The lowest BCUT2D eigenvalue weighted by molar-refractivity contribution is 0.145. The summed E-state index contributed by atoms with van der Waals surface area (Å²) in [6.07, 6.45) is 2.36. The summed E-state index contributed by atoms with van der Waals surface area (Å²) in [6, 6.07) is 7.36. The number of benzene rings is 1. The minimum Gasteiger partial charge on any atom is -0.310 e. The van der Waals surface area contributed by atoms with Crippen LogP contribution < -0.4 is 10.6 Å². The lowest BCUT2D eigenvalue weighted by atomic mass is 9.79. The molecule has 0 aromatic heterocycles. The molecule has 0 saturated carbocycles. The van der Waals surface area contributed by atoms with E-state index < -0.39 is 0 Å². The monoisotopic (exact) mass is 274 g/mol. The normalized spacial score (nSPS) is 21.9. The van der Waals surface area contributed by atoms with Crippen molar-refractivity contribution in [2.75, 3.05) is 0 Å². The van der Waals surface area contributed by atoms with Crippen molar-refractivity contribution in [2.45, 2.75) is 78.0 Å². The van der Waals surface area contributed by atoms with E-state index in [4.69, 9.17) is 0 Å². The molecule has 1 aromatic rings. The van der Waals surface area contributed by atoms with E-state index in [0.717, 1.165) is 6.54 Å². The van der Waals surface area contributed by atoms with E-state index in [0.29, 0.717) is 6.04 Å². The summed E-state index contributed by atoms with van der Waals surface area (Å²) in [5.41, 5.74) is 4.57. The standard InChI is InChI=1S/C18H30N2/c1-13-7-8-15(9-14(13)2)12-19-16-10-17(3,4)20-18(5,6)11-16/h7-9,16,19-20H,10-12H2,1-6H3. The molecular weight excluding hydrogens is 244 g/mol. The van der Waals surface area contributed by atoms with Gasteiger partial charge in [0.1, 0.15) is 0 Å². The van der Waals surface area contributed by atoms with Crippen LogP contribution in [0.3, 0.4) is 0 Å². The van der Waals surface area contributed by atoms with Gasteiger partial charge < -0.3 is 10.6 Å². The third kappa shape index (κ3) is 4.07. The summed E-state index contributed by atoms with van der Waals surface area (Å²) in [5, 5.41) is 7.49. The first-order valence-corrected chi connectivity index (χ1v) is 7.76. The highest BCUT2D eigenvalue weighted by atomic mass is 15.1. The Balaban J connectivity index is 1.98. The Labute approximate surface area is 124 Å². The quantitative estimate of drug-likeness (QED) is 0.878. The fraction of sp³-hybridized carbons (Fsp3) is 0.667. The predicted molar refractivity (Wildman–Crippen MR) is 87.1 cm³/mol. The van der Waals surface area contributed by atoms with Crippen LogP contribution >= 0.6 is 0 Å². The van der Waals surface area contributed by atoms with Gasteiger partial charge in [-0.05, 0) is 71.1 Å². The van der Waals surface area contributed by atoms with Gasteiger partial charge in [0.25, 0.3) is 0 Å². The molecule has 2 nitrogen and oxygen atoms in total. The Morgan fingerprint density at radius 3 is 2.20 bits per heavy atom. The highest BCUT2D eigenvalue weighted by Gasteiger charge is 2.37. The molecule has 0 aliphatic carbocycles. The van der Waals surface area contributed by atoms with Crippen LogP contribution in [0.15, 0.2) is 18.2 Å². The van der Waals surface area contributed by atoms with Crippen molar-refractivity contribution in [1.29, 1.82) is 0 Å². The summed E-state index contributed by atoms with van der Waals surface area (Å²) < 4.78 is 0. The van der Waals surface area contributed by atoms with E-state index in [1.54, 1.807) is 0 Å². The molecule has 2 heteroatoms. The van der Waals surface area contributed by atoms with Gasteiger partial charge in [0.15, 0.2) is 0 Å². The molecule has 0 amide bonds. The van der Waals surface area contributed by atoms with Crippen LogP contribution in [-0.4, -0.2) is 17.1 Å². The van der Waals surface area contributed by atoms with Crippen molar-refractivity contribution in [3.63, 3.8) is 0 Å². The summed E-state index contributed by atoms with van der Waals surface area (Å²) >= 11 is 0. The predicted octanol–water partition coefficient (Wildman–Crippen LogP) is 3.70. The zero-order valence-corrected chi connectivity index (χ0v) is 13.9. The molecule has 0 radical (unpaired) electrons. The molecule has 1 saturated heterocycles. The molecule has 0 spiro atoms. The van der Waals surface area contributed by atoms with Crippen molar-refractivity contribution in [1.82, 2.24) is 10.6 Å². The Hall–Kier alpha value is -0.860. The Bertz CT molecular complexity index is 458. The minimum atomic E-state index is 0.211. The molecule has 1 aliphatic rings. The maximum atomic E-state index is 3.76. The number of nitrogens with one attached hydrogen (secondary N) is 2. The number of aryl methyl sites for hydroxylation is 2. The van der Waals surface area contributed by atoms with Crippen LogP contribution in [0, 0.1) is 13.8 Å². The largest absolute Gasteiger partial charge is 0.310 e. The van der Waals surface area contributed by atoms with Crippen LogP contribution in [0.4, 0.5) is 0 Å². The molecule has 1 aromatic carbocycles. The van der Waals surface area contributed by atoms with Gasteiger partial charge in [-0.3, -0.25) is 0 Å². The second-order valence-corrected chi connectivity index (χ2v) is 7.80. The second kappa shape index (κ2) is 5.50. The average Bonchev–Trinajstić information content (AvgIpc) is 2.27. The molecule has 1 heterocycles. The number of hydrogen-bond donors (Lipinski definition) is 2. The zero-order valence-electron chi connectivity index (χ0n) is 13.9. The lowest BCUT2D eigenvalue weighted by Crippen LogP contribution is -2.61. The van der Waals surface area contributed by atoms with Crippen molar-refractivity contribution in [3.05, 3.63) is 34.9 Å².